The Hall–Kier alpha value is -4.88. The van der Waals surface area contributed by atoms with Gasteiger partial charge in [-0.15, -0.1) is 0 Å². The molecule has 0 saturated carbocycles. The molecule has 73 heavy (non-hydrogen) atoms. The van der Waals surface area contributed by atoms with E-state index in [4.69, 9.17) is 23.7 Å². The van der Waals surface area contributed by atoms with E-state index in [9.17, 15) is 34.5 Å². The maximum Gasteiger partial charge on any atom is 0.335 e. The third-order valence-corrected chi connectivity index (χ3v) is 11.5. The van der Waals surface area contributed by atoms with Gasteiger partial charge in [0.15, 0.2) is 24.6 Å². The van der Waals surface area contributed by atoms with E-state index in [-0.39, 0.29) is 25.9 Å². The maximum atomic E-state index is 13.1. The number of carbonyl (C=O) groups is 4. The summed E-state index contributed by atoms with van der Waals surface area (Å²) in [4.78, 5) is 50.9. The summed E-state index contributed by atoms with van der Waals surface area (Å²) < 4.78 is 28.2. The van der Waals surface area contributed by atoms with Gasteiger partial charge in [0.1, 0.15) is 18.8 Å². The molecule has 6 atom stereocenters. The molecule has 1 aliphatic heterocycles. The highest BCUT2D eigenvalue weighted by Gasteiger charge is 2.50. The zero-order valence-corrected chi connectivity index (χ0v) is 44.8. The molecule has 6 unspecified atom stereocenters. The summed E-state index contributed by atoms with van der Waals surface area (Å²) in [5.74, 6) is -3.35. The van der Waals surface area contributed by atoms with Gasteiger partial charge in [0.25, 0.3) is 0 Å². The summed E-state index contributed by atoms with van der Waals surface area (Å²) in [6.45, 7) is 5.62. The highest BCUT2D eigenvalue weighted by atomic mass is 16.7. The molecule has 3 N–H and O–H groups in total. The fourth-order valence-electron chi connectivity index (χ4n) is 7.35. The first-order valence-electron chi connectivity index (χ1n) is 27.5. The summed E-state index contributed by atoms with van der Waals surface area (Å²) in [5, 5.41) is 31.4. The Bertz CT molecular complexity index is 1730. The van der Waals surface area contributed by atoms with E-state index in [2.05, 4.69) is 118 Å². The molecular formula is C61H94O12. The van der Waals surface area contributed by atoms with E-state index in [0.29, 0.717) is 19.3 Å². The van der Waals surface area contributed by atoms with Gasteiger partial charge in [-0.3, -0.25) is 14.4 Å². The second kappa shape index (κ2) is 48.1. The minimum absolute atomic E-state index is 0.129. The molecule has 1 rings (SSSR count). The smallest absolute Gasteiger partial charge is 0.335 e. The molecule has 1 aliphatic rings. The molecular weight excluding hydrogens is 925 g/mol. The average Bonchev–Trinajstić information content (AvgIpc) is 3.37. The van der Waals surface area contributed by atoms with Crippen LogP contribution in [0.15, 0.2) is 122 Å². The Labute approximate surface area is 439 Å². The quantitative estimate of drug-likeness (QED) is 0.0228. The number of carboxylic acid groups (broad SMARTS) is 1. The Morgan fingerprint density at radius 1 is 0.479 bits per heavy atom. The van der Waals surface area contributed by atoms with Crippen LogP contribution in [0.4, 0.5) is 0 Å². The van der Waals surface area contributed by atoms with Crippen molar-refractivity contribution in [3.05, 3.63) is 122 Å². The number of aliphatic hydroxyl groups is 2. The molecule has 0 aromatic rings. The molecule has 0 aromatic heterocycles. The first kappa shape index (κ1) is 66.1. The van der Waals surface area contributed by atoms with Gasteiger partial charge in [-0.1, -0.05) is 187 Å². The second-order valence-electron chi connectivity index (χ2n) is 18.1. The van der Waals surface area contributed by atoms with Crippen molar-refractivity contribution >= 4 is 23.9 Å². The summed E-state index contributed by atoms with van der Waals surface area (Å²) in [5.41, 5.74) is 0. The number of hydrogen-bond acceptors (Lipinski definition) is 11. The van der Waals surface area contributed by atoms with Crippen LogP contribution in [0.3, 0.4) is 0 Å². The topological polar surface area (TPSA) is 175 Å². The molecule has 1 heterocycles. The van der Waals surface area contributed by atoms with Gasteiger partial charge in [-0.05, 0) is 103 Å². The van der Waals surface area contributed by atoms with E-state index in [1.54, 1.807) is 12.2 Å². The molecule has 12 heteroatoms. The molecule has 0 spiro atoms. The van der Waals surface area contributed by atoms with Gasteiger partial charge in [-0.25, -0.2) is 4.79 Å². The lowest BCUT2D eigenvalue weighted by Crippen LogP contribution is -2.61. The van der Waals surface area contributed by atoms with Gasteiger partial charge in [0.05, 0.1) is 13.0 Å². The normalized spacial score (nSPS) is 19.3. The van der Waals surface area contributed by atoms with E-state index in [0.717, 1.165) is 116 Å². The fraction of sp³-hybridized carbons (Fsp3) is 0.607. The van der Waals surface area contributed by atoms with Crippen molar-refractivity contribution in [3.8, 4) is 0 Å². The summed E-state index contributed by atoms with van der Waals surface area (Å²) in [6, 6.07) is 0. The van der Waals surface area contributed by atoms with Gasteiger partial charge in [0, 0.05) is 12.8 Å². The number of esters is 3. The van der Waals surface area contributed by atoms with Gasteiger partial charge in [-0.2, -0.15) is 0 Å². The first-order valence-corrected chi connectivity index (χ1v) is 27.5. The number of allylic oxidation sites excluding steroid dienone is 19. The van der Waals surface area contributed by atoms with Crippen LogP contribution in [0.25, 0.3) is 0 Å². The summed E-state index contributed by atoms with van der Waals surface area (Å²) in [6.07, 6.45) is 53.5. The minimum atomic E-state index is -1.94. The first-order chi connectivity index (χ1) is 35.6. The van der Waals surface area contributed by atoms with Crippen molar-refractivity contribution in [1.82, 2.24) is 0 Å². The Morgan fingerprint density at radius 2 is 0.904 bits per heavy atom. The van der Waals surface area contributed by atoms with Crippen LogP contribution >= 0.6 is 0 Å². The monoisotopic (exact) mass is 1020 g/mol. The van der Waals surface area contributed by atoms with Crippen molar-refractivity contribution in [2.75, 3.05) is 13.2 Å². The molecule has 0 radical (unpaired) electrons. The molecule has 410 valence electrons. The number of hydrogen-bond donors (Lipinski definition) is 3. The van der Waals surface area contributed by atoms with Crippen LogP contribution in [0.5, 0.6) is 0 Å². The van der Waals surface area contributed by atoms with Crippen LogP contribution in [0.1, 0.15) is 188 Å². The number of carbonyl (C=O) groups excluding carboxylic acids is 3. The van der Waals surface area contributed by atoms with E-state index < -0.39 is 67.3 Å². The number of aliphatic carboxylic acids is 1. The van der Waals surface area contributed by atoms with E-state index in [1.807, 2.05) is 12.2 Å². The highest BCUT2D eigenvalue weighted by Crippen LogP contribution is 2.26. The number of ether oxygens (including phenoxy) is 5. The van der Waals surface area contributed by atoms with Crippen LogP contribution in [0.2, 0.25) is 0 Å². The van der Waals surface area contributed by atoms with Crippen molar-refractivity contribution < 1.29 is 58.2 Å². The van der Waals surface area contributed by atoms with E-state index >= 15 is 0 Å². The predicted molar refractivity (Wildman–Crippen MR) is 293 cm³/mol. The zero-order chi connectivity index (χ0) is 53.3. The maximum absolute atomic E-state index is 13.1. The third-order valence-electron chi connectivity index (χ3n) is 11.5. The molecule has 0 amide bonds. The summed E-state index contributed by atoms with van der Waals surface area (Å²) >= 11 is 0. The zero-order valence-electron chi connectivity index (χ0n) is 44.8. The number of aliphatic hydroxyl groups excluding tert-OH is 2. The Balaban J connectivity index is 2.78. The Kier molecular flexibility index (Phi) is 43.6. The lowest BCUT2D eigenvalue weighted by Gasteiger charge is -2.40. The molecule has 0 aliphatic carbocycles. The van der Waals surface area contributed by atoms with Crippen LogP contribution in [-0.2, 0) is 42.9 Å². The van der Waals surface area contributed by atoms with Crippen LogP contribution < -0.4 is 0 Å². The highest BCUT2D eigenvalue weighted by molar-refractivity contribution is 5.74. The number of carboxylic acids is 1. The van der Waals surface area contributed by atoms with Gasteiger partial charge >= 0.3 is 23.9 Å². The standard InChI is InChI=1S/C61H94O12/c1-4-7-10-13-16-19-22-24-26-27-29-30-33-35-38-41-44-47-53(62)69-50-52(71-54(63)48-45-42-39-36-32-21-18-15-12-9-6-3)51-70-61-59(57(66)56(65)58(73-61)60(67)68)72-55(64)49-46-43-40-37-34-31-28-25-23-20-17-14-11-8-5-2/h7-8,10-11,15-20,24-26,28-30,34,37,43,46,52,56-59,61,65-66H,4-6,9,12-14,21-23,27,31-33,35-36,38-42,44-45,47-51H2,1-3H3,(H,67,68)/b10-7-,11-8-,18-15-,19-16-,20-17-,26-24-,28-25-,30-29-,37-34-,46-43-. The summed E-state index contributed by atoms with van der Waals surface area (Å²) in [7, 11) is 0. The van der Waals surface area contributed by atoms with Crippen molar-refractivity contribution in [3.63, 3.8) is 0 Å². The van der Waals surface area contributed by atoms with Crippen molar-refractivity contribution in [1.29, 1.82) is 0 Å². The molecule has 1 saturated heterocycles. The SMILES string of the molecule is CC/C=C\C/C=C\C/C=C\C/C=C\C/C=C\CC(=O)OC1C(OCC(COC(=O)CCCCCC/C=C\C/C=C\C/C=C\C/C=C\CC)OC(=O)CCCCCCC/C=C\CCCC)OC(C(=O)O)C(O)C1O. The third kappa shape index (κ3) is 38.4. The van der Waals surface area contributed by atoms with Crippen molar-refractivity contribution in [2.45, 2.75) is 225 Å². The lowest BCUT2D eigenvalue weighted by molar-refractivity contribution is -0.301. The van der Waals surface area contributed by atoms with Crippen LogP contribution in [0, 0.1) is 0 Å². The predicted octanol–water partition coefficient (Wildman–Crippen LogP) is 13.7. The van der Waals surface area contributed by atoms with Gasteiger partial charge < -0.3 is 39.0 Å². The average molecular weight is 1020 g/mol. The number of unbranched alkanes of at least 4 members (excludes halogenated alkanes) is 11. The largest absolute Gasteiger partial charge is 0.479 e. The molecule has 12 nitrogen and oxygen atoms in total. The minimum Gasteiger partial charge on any atom is -0.479 e. The molecule has 0 bridgehead atoms. The molecule has 0 aromatic carbocycles. The second-order valence-corrected chi connectivity index (χ2v) is 18.1. The Morgan fingerprint density at radius 3 is 1.40 bits per heavy atom. The van der Waals surface area contributed by atoms with Crippen LogP contribution in [-0.4, -0.2) is 89.2 Å². The fourth-order valence-corrected chi connectivity index (χ4v) is 7.35. The lowest BCUT2D eigenvalue weighted by atomic mass is 9.98. The molecule has 1 fully saturated rings. The number of rotatable bonds is 44. The van der Waals surface area contributed by atoms with Crippen molar-refractivity contribution in [2.24, 2.45) is 0 Å². The van der Waals surface area contributed by atoms with E-state index in [1.165, 1.54) is 12.8 Å². The van der Waals surface area contributed by atoms with Gasteiger partial charge in [0.2, 0.25) is 0 Å².